The summed E-state index contributed by atoms with van der Waals surface area (Å²) >= 11 is 0. The maximum atomic E-state index is 12.9. The molecule has 2 fully saturated rings. The highest BCUT2D eigenvalue weighted by molar-refractivity contribution is 7.89. The molecule has 2 aliphatic carbocycles. The maximum Gasteiger partial charge on any atom is 0.308 e. The fourth-order valence-electron chi connectivity index (χ4n) is 3.71. The highest BCUT2D eigenvalue weighted by Crippen LogP contribution is 2.34. The second-order valence-corrected chi connectivity index (χ2v) is 9.59. The second-order valence-electron chi connectivity index (χ2n) is 7.88. The highest BCUT2D eigenvalue weighted by Gasteiger charge is 2.42. The summed E-state index contributed by atoms with van der Waals surface area (Å²) in [6.07, 6.45) is 4.42. The number of carbonyl (C=O) groups excluding carboxylic acids is 1. The molecule has 8 heteroatoms. The van der Waals surface area contributed by atoms with E-state index in [-0.39, 0.29) is 16.5 Å². The van der Waals surface area contributed by atoms with Gasteiger partial charge in [0.2, 0.25) is 10.0 Å². The van der Waals surface area contributed by atoms with Crippen molar-refractivity contribution in [2.24, 2.45) is 5.92 Å². The SMILES string of the molecule is Cc1ccc(S(=O)(=O)NC2CC2)cc1C(=O)NC1(C)CCCCC1C(=O)O. The van der Waals surface area contributed by atoms with Gasteiger partial charge in [0.05, 0.1) is 16.4 Å². The standard InChI is InChI=1S/C19H26N2O5S/c1-12-6-9-14(27(25,26)21-13-7-8-13)11-15(12)17(22)20-19(2)10-4-3-5-16(19)18(23)24/h6,9,11,13,16,21H,3-5,7-8,10H2,1-2H3,(H,20,22)(H,23,24). The Morgan fingerprint density at radius 1 is 1.19 bits per heavy atom. The average Bonchev–Trinajstić information content (AvgIpc) is 3.37. The summed E-state index contributed by atoms with van der Waals surface area (Å²) in [6, 6.07) is 4.44. The van der Waals surface area contributed by atoms with Crippen molar-refractivity contribution in [3.8, 4) is 0 Å². The lowest BCUT2D eigenvalue weighted by atomic mass is 9.73. The Labute approximate surface area is 159 Å². The Kier molecular flexibility index (Phi) is 5.31. The number of nitrogens with one attached hydrogen (secondary N) is 2. The zero-order valence-electron chi connectivity index (χ0n) is 15.6. The van der Waals surface area contributed by atoms with Crippen LogP contribution in [-0.4, -0.2) is 37.0 Å². The molecule has 27 heavy (non-hydrogen) atoms. The number of aryl methyl sites for hydroxylation is 1. The number of carboxylic acids is 1. The summed E-state index contributed by atoms with van der Waals surface area (Å²) in [6.45, 7) is 3.49. The Morgan fingerprint density at radius 3 is 2.52 bits per heavy atom. The predicted octanol–water partition coefficient (Wildman–Crippen LogP) is 2.20. The molecule has 0 aromatic heterocycles. The van der Waals surface area contributed by atoms with Crippen molar-refractivity contribution in [1.82, 2.24) is 10.0 Å². The van der Waals surface area contributed by atoms with Crippen LogP contribution in [0.4, 0.5) is 0 Å². The third-order valence-corrected chi connectivity index (χ3v) is 7.09. The van der Waals surface area contributed by atoms with Crippen LogP contribution in [0.5, 0.6) is 0 Å². The first-order chi connectivity index (χ1) is 12.6. The third-order valence-electron chi connectivity index (χ3n) is 5.57. The molecule has 0 radical (unpaired) electrons. The topological polar surface area (TPSA) is 113 Å². The fourth-order valence-corrected chi connectivity index (χ4v) is 5.04. The zero-order chi connectivity index (χ0) is 19.8. The molecule has 2 aliphatic rings. The molecule has 1 aromatic rings. The van der Waals surface area contributed by atoms with Crippen LogP contribution in [0, 0.1) is 12.8 Å². The lowest BCUT2D eigenvalue weighted by Gasteiger charge is -2.40. The summed E-state index contributed by atoms with van der Waals surface area (Å²) in [4.78, 5) is 24.6. The number of rotatable bonds is 6. The van der Waals surface area contributed by atoms with Gasteiger partial charge in [0.1, 0.15) is 0 Å². The van der Waals surface area contributed by atoms with Gasteiger partial charge < -0.3 is 10.4 Å². The summed E-state index contributed by atoms with van der Waals surface area (Å²) in [7, 11) is -3.67. The van der Waals surface area contributed by atoms with Gasteiger partial charge in [-0.05, 0) is 57.2 Å². The predicted molar refractivity (Wildman–Crippen MR) is 100.0 cm³/mol. The molecular formula is C19H26N2O5S. The van der Waals surface area contributed by atoms with E-state index in [0.29, 0.717) is 18.4 Å². The average molecular weight is 394 g/mol. The van der Waals surface area contributed by atoms with E-state index in [9.17, 15) is 23.1 Å². The number of amides is 1. The molecule has 7 nitrogen and oxygen atoms in total. The summed E-state index contributed by atoms with van der Waals surface area (Å²) < 4.78 is 27.5. The van der Waals surface area contributed by atoms with Crippen molar-refractivity contribution in [2.45, 2.75) is 68.8 Å². The quantitative estimate of drug-likeness (QED) is 0.685. The largest absolute Gasteiger partial charge is 0.481 e. The third kappa shape index (κ3) is 4.32. The second kappa shape index (κ2) is 7.24. The molecule has 2 unspecified atom stereocenters. The summed E-state index contributed by atoms with van der Waals surface area (Å²) in [5.74, 6) is -2.01. The van der Waals surface area contributed by atoms with Gasteiger partial charge in [0, 0.05) is 11.6 Å². The molecule has 3 N–H and O–H groups in total. The first-order valence-corrected chi connectivity index (χ1v) is 10.8. The first kappa shape index (κ1) is 19.8. The van der Waals surface area contributed by atoms with Crippen LogP contribution in [0.25, 0.3) is 0 Å². The van der Waals surface area contributed by atoms with Crippen molar-refractivity contribution in [3.63, 3.8) is 0 Å². The van der Waals surface area contributed by atoms with Gasteiger partial charge in [-0.15, -0.1) is 0 Å². The molecule has 2 atom stereocenters. The van der Waals surface area contributed by atoms with Crippen LogP contribution in [0.3, 0.4) is 0 Å². The Hall–Kier alpha value is -1.93. The molecule has 1 aromatic carbocycles. The maximum absolute atomic E-state index is 12.9. The van der Waals surface area contributed by atoms with Crippen molar-refractivity contribution < 1.29 is 23.1 Å². The Balaban J connectivity index is 1.85. The van der Waals surface area contributed by atoms with Gasteiger partial charge >= 0.3 is 5.97 Å². The number of benzene rings is 1. The van der Waals surface area contributed by atoms with Crippen LogP contribution in [0.1, 0.15) is 61.4 Å². The smallest absolute Gasteiger partial charge is 0.308 e. The molecule has 0 heterocycles. The van der Waals surface area contributed by atoms with E-state index in [1.54, 1.807) is 19.9 Å². The number of hydrogen-bond donors (Lipinski definition) is 3. The van der Waals surface area contributed by atoms with Gasteiger partial charge in [-0.2, -0.15) is 0 Å². The first-order valence-electron chi connectivity index (χ1n) is 9.31. The number of carbonyl (C=O) groups is 2. The lowest BCUT2D eigenvalue weighted by Crippen LogP contribution is -2.55. The van der Waals surface area contributed by atoms with Crippen LogP contribution >= 0.6 is 0 Å². The van der Waals surface area contributed by atoms with Crippen molar-refractivity contribution in [2.75, 3.05) is 0 Å². The van der Waals surface area contributed by atoms with Crippen molar-refractivity contribution >= 4 is 21.9 Å². The van der Waals surface area contributed by atoms with E-state index in [4.69, 9.17) is 0 Å². The monoisotopic (exact) mass is 394 g/mol. The molecule has 0 aliphatic heterocycles. The van der Waals surface area contributed by atoms with Gasteiger partial charge in [0.15, 0.2) is 0 Å². The molecule has 1 amide bonds. The summed E-state index contributed by atoms with van der Waals surface area (Å²) in [5.41, 5.74) is 0.0446. The van der Waals surface area contributed by atoms with Crippen molar-refractivity contribution in [1.29, 1.82) is 0 Å². The van der Waals surface area contributed by atoms with Crippen molar-refractivity contribution in [3.05, 3.63) is 29.3 Å². The van der Waals surface area contributed by atoms with E-state index in [2.05, 4.69) is 10.0 Å². The Morgan fingerprint density at radius 2 is 1.89 bits per heavy atom. The highest BCUT2D eigenvalue weighted by atomic mass is 32.2. The van der Waals surface area contributed by atoms with Crippen LogP contribution < -0.4 is 10.0 Å². The van der Waals surface area contributed by atoms with Gasteiger partial charge in [-0.25, -0.2) is 13.1 Å². The van der Waals surface area contributed by atoms with Gasteiger partial charge in [0.25, 0.3) is 5.91 Å². The zero-order valence-corrected chi connectivity index (χ0v) is 16.4. The van der Waals surface area contributed by atoms with Gasteiger partial charge in [-0.3, -0.25) is 9.59 Å². The van der Waals surface area contributed by atoms with Crippen LogP contribution in [0.2, 0.25) is 0 Å². The minimum absolute atomic E-state index is 0.0222. The fraction of sp³-hybridized carbons (Fsp3) is 0.579. The number of sulfonamides is 1. The number of carboxylic acid groups (broad SMARTS) is 1. The van der Waals surface area contributed by atoms with Gasteiger partial charge in [-0.1, -0.05) is 18.9 Å². The van der Waals surface area contributed by atoms with E-state index in [1.165, 1.54) is 12.1 Å². The van der Waals surface area contributed by atoms with Crippen LogP contribution in [-0.2, 0) is 14.8 Å². The number of hydrogen-bond acceptors (Lipinski definition) is 4. The van der Waals surface area contributed by atoms with Crippen LogP contribution in [0.15, 0.2) is 23.1 Å². The van der Waals surface area contributed by atoms with E-state index in [1.807, 2.05) is 0 Å². The molecule has 0 saturated heterocycles. The van der Waals surface area contributed by atoms with E-state index < -0.39 is 33.4 Å². The molecule has 2 saturated carbocycles. The molecular weight excluding hydrogens is 368 g/mol. The molecule has 0 spiro atoms. The normalized spacial score (nSPS) is 25.8. The summed E-state index contributed by atoms with van der Waals surface area (Å²) in [5, 5.41) is 12.4. The van der Waals surface area contributed by atoms with E-state index in [0.717, 1.165) is 25.7 Å². The minimum atomic E-state index is -3.67. The lowest BCUT2D eigenvalue weighted by molar-refractivity contribution is -0.145. The molecule has 0 bridgehead atoms. The molecule has 3 rings (SSSR count). The number of aliphatic carboxylic acids is 1. The Bertz CT molecular complexity index is 863. The molecule has 148 valence electrons. The minimum Gasteiger partial charge on any atom is -0.481 e. The van der Waals surface area contributed by atoms with E-state index >= 15 is 0 Å².